The molecule has 0 saturated carbocycles. The van der Waals surface area contributed by atoms with E-state index in [-0.39, 0.29) is 5.43 Å². The van der Waals surface area contributed by atoms with E-state index < -0.39 is 0 Å². The monoisotopic (exact) mass is 368 g/mol. The molecule has 0 bridgehead atoms. The fourth-order valence-corrected chi connectivity index (χ4v) is 5.01. The normalized spacial score (nSPS) is 17.8. The van der Waals surface area contributed by atoms with Crippen LogP contribution in [0.2, 0.25) is 0 Å². The molecule has 0 aliphatic carbocycles. The van der Waals surface area contributed by atoms with Crippen LogP contribution >= 0.6 is 11.3 Å². The maximum atomic E-state index is 12.9. The van der Waals surface area contributed by atoms with Gasteiger partial charge in [0.25, 0.3) is 0 Å². The molecule has 1 saturated heterocycles. The standard InChI is InChI=1S/C21H24N2O2S/c1-23-12-4-5-15(23)10-11-22-14-8-9-16-19(13-14)26-18-7-3-6-17(25-2)20(18)21(16)24/h3,6-9,13,15,22H,4-5,10-12H2,1-2H3/t15-/m0/s1. The van der Waals surface area contributed by atoms with Gasteiger partial charge < -0.3 is 15.0 Å². The van der Waals surface area contributed by atoms with E-state index >= 15 is 0 Å². The third-order valence-corrected chi connectivity index (χ3v) is 6.48. The van der Waals surface area contributed by atoms with Crippen molar-refractivity contribution in [2.45, 2.75) is 25.3 Å². The fourth-order valence-electron chi connectivity index (χ4n) is 3.87. The molecule has 1 aliphatic rings. The van der Waals surface area contributed by atoms with Crippen LogP contribution in [-0.2, 0) is 0 Å². The van der Waals surface area contributed by atoms with Crippen LogP contribution in [0.1, 0.15) is 19.3 Å². The molecular formula is C21H24N2O2S. The van der Waals surface area contributed by atoms with Crippen LogP contribution in [0.4, 0.5) is 5.69 Å². The van der Waals surface area contributed by atoms with Gasteiger partial charge in [-0.3, -0.25) is 4.79 Å². The molecule has 0 spiro atoms. The zero-order chi connectivity index (χ0) is 18.1. The zero-order valence-electron chi connectivity index (χ0n) is 15.2. The van der Waals surface area contributed by atoms with Gasteiger partial charge in [-0.05, 0) is 63.2 Å². The Morgan fingerprint density at radius 3 is 2.92 bits per heavy atom. The maximum absolute atomic E-state index is 12.9. The SMILES string of the molecule is COc1cccc2sc3cc(NCC[C@@H]4CCCN4C)ccc3c(=O)c12. The van der Waals surface area contributed by atoms with Crippen molar-refractivity contribution in [1.29, 1.82) is 0 Å². The maximum Gasteiger partial charge on any atom is 0.199 e. The van der Waals surface area contributed by atoms with Crippen LogP contribution in [0, 0.1) is 0 Å². The first-order valence-electron chi connectivity index (χ1n) is 9.15. The number of likely N-dealkylation sites (tertiary alicyclic amines) is 1. The van der Waals surface area contributed by atoms with Crippen molar-refractivity contribution in [2.75, 3.05) is 32.6 Å². The predicted octanol–water partition coefficient (Wildman–Crippen LogP) is 4.32. The summed E-state index contributed by atoms with van der Waals surface area (Å²) in [5.41, 5.74) is 1.13. The number of rotatable bonds is 5. The quantitative estimate of drug-likeness (QED) is 0.681. The van der Waals surface area contributed by atoms with Crippen LogP contribution in [0.15, 0.2) is 41.2 Å². The Labute approximate surface area is 157 Å². The second kappa shape index (κ2) is 7.25. The number of nitrogens with zero attached hydrogens (tertiary/aromatic N) is 1. The predicted molar refractivity (Wildman–Crippen MR) is 111 cm³/mol. The van der Waals surface area contributed by atoms with Crippen LogP contribution in [0.5, 0.6) is 5.75 Å². The van der Waals surface area contributed by atoms with Gasteiger partial charge in [0.15, 0.2) is 5.43 Å². The average molecular weight is 369 g/mol. The number of hydrogen-bond donors (Lipinski definition) is 1. The highest BCUT2D eigenvalue weighted by atomic mass is 32.1. The van der Waals surface area contributed by atoms with Crippen molar-refractivity contribution < 1.29 is 4.74 Å². The number of benzene rings is 2. The molecule has 0 amide bonds. The van der Waals surface area contributed by atoms with E-state index in [0.29, 0.717) is 17.2 Å². The fraction of sp³-hybridized carbons (Fsp3) is 0.381. The minimum Gasteiger partial charge on any atom is -0.496 e. The highest BCUT2D eigenvalue weighted by molar-refractivity contribution is 7.24. The van der Waals surface area contributed by atoms with Gasteiger partial charge >= 0.3 is 0 Å². The third kappa shape index (κ3) is 3.17. The summed E-state index contributed by atoms with van der Waals surface area (Å²) in [5, 5.41) is 4.96. The number of methoxy groups -OCH3 is 1. The molecule has 5 heteroatoms. The Kier molecular flexibility index (Phi) is 4.83. The number of ether oxygens (including phenoxy) is 1. The Morgan fingerprint density at radius 2 is 2.15 bits per heavy atom. The van der Waals surface area contributed by atoms with Gasteiger partial charge in [0.1, 0.15) is 5.75 Å². The second-order valence-electron chi connectivity index (χ2n) is 6.97. The van der Waals surface area contributed by atoms with Crippen LogP contribution in [-0.4, -0.2) is 38.2 Å². The van der Waals surface area contributed by atoms with E-state index in [4.69, 9.17) is 4.74 Å². The molecule has 136 valence electrons. The number of hydrogen-bond acceptors (Lipinski definition) is 5. The van der Waals surface area contributed by atoms with Gasteiger partial charge in [-0.1, -0.05) is 6.07 Å². The second-order valence-corrected chi connectivity index (χ2v) is 8.05. The summed E-state index contributed by atoms with van der Waals surface area (Å²) in [5.74, 6) is 0.647. The highest BCUT2D eigenvalue weighted by Gasteiger charge is 2.19. The van der Waals surface area contributed by atoms with Crippen molar-refractivity contribution in [3.63, 3.8) is 0 Å². The molecule has 26 heavy (non-hydrogen) atoms. The van der Waals surface area contributed by atoms with E-state index in [1.807, 2.05) is 30.3 Å². The highest BCUT2D eigenvalue weighted by Crippen LogP contribution is 2.31. The molecule has 2 aromatic carbocycles. The lowest BCUT2D eigenvalue weighted by Crippen LogP contribution is -2.26. The van der Waals surface area contributed by atoms with E-state index in [9.17, 15) is 4.79 Å². The molecule has 1 fully saturated rings. The lowest BCUT2D eigenvalue weighted by molar-refractivity contribution is 0.301. The lowest BCUT2D eigenvalue weighted by atomic mass is 10.1. The molecule has 4 nitrogen and oxygen atoms in total. The Bertz CT molecular complexity index is 998. The molecule has 0 radical (unpaired) electrons. The average Bonchev–Trinajstić information content (AvgIpc) is 3.06. The number of fused-ring (bicyclic) bond motifs is 2. The molecule has 0 unspecified atom stereocenters. The molecule has 2 heterocycles. The van der Waals surface area contributed by atoms with E-state index in [0.717, 1.165) is 33.4 Å². The summed E-state index contributed by atoms with van der Waals surface area (Å²) in [6.45, 7) is 2.17. The van der Waals surface area contributed by atoms with Gasteiger partial charge in [0.05, 0.1) is 12.5 Å². The number of nitrogens with one attached hydrogen (secondary N) is 1. The van der Waals surface area contributed by atoms with Crippen molar-refractivity contribution >= 4 is 37.2 Å². The summed E-state index contributed by atoms with van der Waals surface area (Å²) in [7, 11) is 3.82. The van der Waals surface area contributed by atoms with Gasteiger partial charge in [-0.25, -0.2) is 0 Å². The van der Waals surface area contributed by atoms with Crippen LogP contribution in [0.3, 0.4) is 0 Å². The third-order valence-electron chi connectivity index (χ3n) is 5.36. The van der Waals surface area contributed by atoms with Gasteiger partial charge in [-0.2, -0.15) is 0 Å². The summed E-state index contributed by atoms with van der Waals surface area (Å²) in [6, 6.07) is 12.5. The topological polar surface area (TPSA) is 41.6 Å². The van der Waals surface area contributed by atoms with Crippen LogP contribution in [0.25, 0.3) is 20.2 Å². The van der Waals surface area contributed by atoms with Crippen molar-refractivity contribution in [2.24, 2.45) is 0 Å². The van der Waals surface area contributed by atoms with Gasteiger partial charge in [-0.15, -0.1) is 11.3 Å². The van der Waals surface area contributed by atoms with E-state index in [1.165, 1.54) is 19.4 Å². The molecule has 1 N–H and O–H groups in total. The van der Waals surface area contributed by atoms with Gasteiger partial charge in [0, 0.05) is 33.1 Å². The summed E-state index contributed by atoms with van der Waals surface area (Å²) < 4.78 is 7.36. The van der Waals surface area contributed by atoms with Crippen LogP contribution < -0.4 is 15.5 Å². The Balaban J connectivity index is 1.61. The molecule has 3 aromatic rings. The first-order valence-corrected chi connectivity index (χ1v) is 9.96. The molecule has 1 aliphatic heterocycles. The Morgan fingerprint density at radius 1 is 1.27 bits per heavy atom. The summed E-state index contributed by atoms with van der Waals surface area (Å²) >= 11 is 1.64. The molecule has 1 aromatic heterocycles. The Hall–Kier alpha value is -2.11. The van der Waals surface area contributed by atoms with Crippen molar-refractivity contribution in [1.82, 2.24) is 4.90 Å². The first-order chi connectivity index (χ1) is 12.7. The van der Waals surface area contributed by atoms with Gasteiger partial charge in [0.2, 0.25) is 0 Å². The first kappa shape index (κ1) is 17.3. The zero-order valence-corrected chi connectivity index (χ0v) is 16.1. The molecule has 1 atom stereocenters. The summed E-state index contributed by atoms with van der Waals surface area (Å²) in [4.78, 5) is 15.4. The van der Waals surface area contributed by atoms with E-state index in [1.54, 1.807) is 18.4 Å². The van der Waals surface area contributed by atoms with Crippen molar-refractivity contribution in [3.8, 4) is 5.75 Å². The summed E-state index contributed by atoms with van der Waals surface area (Å²) in [6.07, 6.45) is 3.76. The minimum absolute atomic E-state index is 0.0466. The van der Waals surface area contributed by atoms with E-state index in [2.05, 4.69) is 23.3 Å². The van der Waals surface area contributed by atoms with Crippen molar-refractivity contribution in [3.05, 3.63) is 46.6 Å². The number of anilines is 1. The molecule has 4 rings (SSSR count). The lowest BCUT2D eigenvalue weighted by Gasteiger charge is -2.19. The smallest absolute Gasteiger partial charge is 0.199 e. The molecular weight excluding hydrogens is 344 g/mol. The largest absolute Gasteiger partial charge is 0.496 e. The minimum atomic E-state index is 0.0466.